The first kappa shape index (κ1) is 8.49. The van der Waals surface area contributed by atoms with Crippen LogP contribution in [0.3, 0.4) is 0 Å². The van der Waals surface area contributed by atoms with E-state index in [1.165, 1.54) is 6.07 Å². The summed E-state index contributed by atoms with van der Waals surface area (Å²) in [5, 5.41) is 0. The Labute approximate surface area is 79.4 Å². The van der Waals surface area contributed by atoms with Gasteiger partial charge in [-0.25, -0.2) is 9.97 Å². The standard InChI is InChI=1S/C8H9N5O/c1-13-4-10-3-5(13)8-11-6(9)2-7(14)12-8/h2-4H,1H3,(H3,9,11,12,14). The summed E-state index contributed by atoms with van der Waals surface area (Å²) in [4.78, 5) is 21.6. The lowest BCUT2D eigenvalue weighted by atomic mass is 10.4. The summed E-state index contributed by atoms with van der Waals surface area (Å²) in [6.07, 6.45) is 3.23. The van der Waals surface area contributed by atoms with Gasteiger partial charge in [0.1, 0.15) is 11.5 Å². The Morgan fingerprint density at radius 1 is 1.57 bits per heavy atom. The fourth-order valence-electron chi connectivity index (χ4n) is 1.18. The van der Waals surface area contributed by atoms with Gasteiger partial charge in [-0.3, -0.25) is 4.79 Å². The van der Waals surface area contributed by atoms with Gasteiger partial charge in [-0.2, -0.15) is 0 Å². The van der Waals surface area contributed by atoms with Crippen LogP contribution in [-0.2, 0) is 7.05 Å². The fraction of sp³-hybridized carbons (Fsp3) is 0.125. The van der Waals surface area contributed by atoms with E-state index < -0.39 is 0 Å². The van der Waals surface area contributed by atoms with Crippen molar-refractivity contribution in [1.29, 1.82) is 0 Å². The number of rotatable bonds is 1. The summed E-state index contributed by atoms with van der Waals surface area (Å²) in [7, 11) is 1.81. The van der Waals surface area contributed by atoms with Gasteiger partial charge in [0.25, 0.3) is 5.56 Å². The van der Waals surface area contributed by atoms with Crippen LogP contribution in [0.4, 0.5) is 5.82 Å². The van der Waals surface area contributed by atoms with Crippen molar-refractivity contribution in [3.63, 3.8) is 0 Å². The first-order valence-corrected chi connectivity index (χ1v) is 4.00. The molecule has 0 amide bonds. The predicted molar refractivity (Wildman–Crippen MR) is 51.5 cm³/mol. The average molecular weight is 191 g/mol. The lowest BCUT2D eigenvalue weighted by Crippen LogP contribution is -2.10. The number of nitrogens with one attached hydrogen (secondary N) is 1. The highest BCUT2D eigenvalue weighted by atomic mass is 16.1. The fourth-order valence-corrected chi connectivity index (χ4v) is 1.18. The topological polar surface area (TPSA) is 89.6 Å². The first-order valence-electron chi connectivity index (χ1n) is 4.00. The maximum Gasteiger partial charge on any atom is 0.253 e. The summed E-state index contributed by atoms with van der Waals surface area (Å²) < 4.78 is 1.75. The van der Waals surface area contributed by atoms with Gasteiger partial charge in [-0.1, -0.05) is 0 Å². The van der Waals surface area contributed by atoms with Crippen LogP contribution in [0.5, 0.6) is 0 Å². The lowest BCUT2D eigenvalue weighted by molar-refractivity contribution is 0.906. The summed E-state index contributed by atoms with van der Waals surface area (Å²) in [5.41, 5.74) is 5.90. The molecule has 0 atom stereocenters. The molecule has 0 aliphatic carbocycles. The van der Waals surface area contributed by atoms with E-state index in [-0.39, 0.29) is 11.4 Å². The van der Waals surface area contributed by atoms with Gasteiger partial charge >= 0.3 is 0 Å². The zero-order valence-electron chi connectivity index (χ0n) is 7.56. The quantitative estimate of drug-likeness (QED) is 0.650. The first-order chi connectivity index (χ1) is 6.66. The summed E-state index contributed by atoms with van der Waals surface area (Å²) >= 11 is 0. The third kappa shape index (κ3) is 1.37. The molecule has 0 aromatic carbocycles. The van der Waals surface area contributed by atoms with E-state index in [2.05, 4.69) is 15.0 Å². The Morgan fingerprint density at radius 3 is 2.93 bits per heavy atom. The molecule has 0 unspecified atom stereocenters. The third-order valence-electron chi connectivity index (χ3n) is 1.82. The van der Waals surface area contributed by atoms with Crippen LogP contribution in [0.25, 0.3) is 11.5 Å². The molecule has 72 valence electrons. The largest absolute Gasteiger partial charge is 0.383 e. The molecular weight excluding hydrogens is 182 g/mol. The Hall–Kier alpha value is -2.11. The summed E-state index contributed by atoms with van der Waals surface area (Å²) in [6, 6.07) is 1.24. The Kier molecular flexibility index (Phi) is 1.81. The minimum absolute atomic E-state index is 0.199. The number of nitrogens with two attached hydrogens (primary N) is 1. The van der Waals surface area contributed by atoms with Gasteiger partial charge in [0.05, 0.1) is 12.5 Å². The smallest absolute Gasteiger partial charge is 0.253 e. The SMILES string of the molecule is Cn1cncc1-c1nc(N)cc(=O)[nH]1. The summed E-state index contributed by atoms with van der Waals surface area (Å²) in [6.45, 7) is 0. The van der Waals surface area contributed by atoms with E-state index >= 15 is 0 Å². The van der Waals surface area contributed by atoms with Gasteiger partial charge in [0.2, 0.25) is 0 Å². The minimum atomic E-state index is -0.270. The highest BCUT2D eigenvalue weighted by Crippen LogP contribution is 2.11. The second-order valence-electron chi connectivity index (χ2n) is 2.91. The van der Waals surface area contributed by atoms with Gasteiger partial charge in [-0.15, -0.1) is 0 Å². The molecule has 0 spiro atoms. The van der Waals surface area contributed by atoms with E-state index in [1.54, 1.807) is 17.1 Å². The molecule has 0 saturated carbocycles. The van der Waals surface area contributed by atoms with Crippen LogP contribution in [0, 0.1) is 0 Å². The highest BCUT2D eigenvalue weighted by molar-refractivity contribution is 5.50. The van der Waals surface area contributed by atoms with Gasteiger partial charge in [0.15, 0.2) is 5.82 Å². The molecule has 3 N–H and O–H groups in total. The average Bonchev–Trinajstić information content (AvgIpc) is 2.49. The number of aryl methyl sites for hydroxylation is 1. The lowest BCUT2D eigenvalue weighted by Gasteiger charge is -2.01. The van der Waals surface area contributed by atoms with Crippen LogP contribution in [0.1, 0.15) is 0 Å². The molecule has 0 bridgehead atoms. The maximum atomic E-state index is 11.1. The van der Waals surface area contributed by atoms with Crippen molar-refractivity contribution in [2.45, 2.75) is 0 Å². The zero-order chi connectivity index (χ0) is 10.1. The molecular formula is C8H9N5O. The second kappa shape index (κ2) is 2.99. The molecule has 0 fully saturated rings. The molecule has 2 heterocycles. The van der Waals surface area contributed by atoms with Crippen molar-refractivity contribution in [1.82, 2.24) is 19.5 Å². The Balaban J connectivity index is 2.63. The second-order valence-corrected chi connectivity index (χ2v) is 2.91. The number of nitrogen functional groups attached to an aromatic ring is 1. The van der Waals surface area contributed by atoms with Gasteiger partial charge in [0, 0.05) is 13.1 Å². The highest BCUT2D eigenvalue weighted by Gasteiger charge is 2.05. The number of aromatic nitrogens is 4. The minimum Gasteiger partial charge on any atom is -0.383 e. The predicted octanol–water partition coefficient (Wildman–Crippen LogP) is -0.247. The number of hydrogen-bond acceptors (Lipinski definition) is 4. The number of aromatic amines is 1. The molecule has 14 heavy (non-hydrogen) atoms. The van der Waals surface area contributed by atoms with E-state index in [9.17, 15) is 4.79 Å². The number of imidazole rings is 1. The van der Waals surface area contributed by atoms with Crippen LogP contribution in [0.2, 0.25) is 0 Å². The molecule has 2 aromatic rings. The molecule has 0 radical (unpaired) electrons. The zero-order valence-corrected chi connectivity index (χ0v) is 7.56. The summed E-state index contributed by atoms with van der Waals surface area (Å²) in [5.74, 6) is 0.625. The van der Waals surface area contributed by atoms with Crippen LogP contribution in [0.15, 0.2) is 23.4 Å². The van der Waals surface area contributed by atoms with E-state index in [1.807, 2.05) is 7.05 Å². The van der Waals surface area contributed by atoms with E-state index in [0.29, 0.717) is 5.82 Å². The van der Waals surface area contributed by atoms with Gasteiger partial charge < -0.3 is 15.3 Å². The van der Waals surface area contributed by atoms with Crippen LogP contribution in [-0.4, -0.2) is 19.5 Å². The Bertz CT molecular complexity index is 512. The van der Waals surface area contributed by atoms with Crippen molar-refractivity contribution in [3.05, 3.63) is 28.9 Å². The number of hydrogen-bond donors (Lipinski definition) is 2. The van der Waals surface area contributed by atoms with Crippen molar-refractivity contribution in [2.24, 2.45) is 7.05 Å². The molecule has 0 aliphatic rings. The molecule has 6 nitrogen and oxygen atoms in total. The molecule has 0 saturated heterocycles. The normalized spacial score (nSPS) is 10.4. The van der Waals surface area contributed by atoms with Gasteiger partial charge in [-0.05, 0) is 0 Å². The van der Waals surface area contributed by atoms with Crippen molar-refractivity contribution < 1.29 is 0 Å². The molecule has 2 rings (SSSR count). The molecule has 2 aromatic heterocycles. The van der Waals surface area contributed by atoms with Crippen LogP contribution >= 0.6 is 0 Å². The third-order valence-corrected chi connectivity index (χ3v) is 1.82. The number of nitrogens with zero attached hydrogens (tertiary/aromatic N) is 3. The number of H-pyrrole nitrogens is 1. The maximum absolute atomic E-state index is 11.1. The van der Waals surface area contributed by atoms with E-state index in [4.69, 9.17) is 5.73 Å². The molecule has 6 heteroatoms. The van der Waals surface area contributed by atoms with Crippen molar-refractivity contribution in [3.8, 4) is 11.5 Å². The monoisotopic (exact) mass is 191 g/mol. The Morgan fingerprint density at radius 2 is 2.36 bits per heavy atom. The molecule has 0 aliphatic heterocycles. The van der Waals surface area contributed by atoms with Crippen LogP contribution < -0.4 is 11.3 Å². The van der Waals surface area contributed by atoms with Crippen molar-refractivity contribution in [2.75, 3.05) is 5.73 Å². The van der Waals surface area contributed by atoms with Crippen molar-refractivity contribution >= 4 is 5.82 Å². The van der Waals surface area contributed by atoms with E-state index in [0.717, 1.165) is 5.69 Å². The number of anilines is 1.